The number of carbonyl (C=O) groups is 1. The van der Waals surface area contributed by atoms with Gasteiger partial charge in [0.15, 0.2) is 18.4 Å². The molecule has 4 aromatic rings. The van der Waals surface area contributed by atoms with Gasteiger partial charge in [0.1, 0.15) is 22.9 Å². The van der Waals surface area contributed by atoms with E-state index in [1.54, 1.807) is 30.0 Å². The van der Waals surface area contributed by atoms with Gasteiger partial charge in [-0.1, -0.05) is 31.5 Å². The van der Waals surface area contributed by atoms with E-state index >= 15 is 8.78 Å². The molecule has 0 unspecified atom stereocenters. The highest BCUT2D eigenvalue weighted by molar-refractivity contribution is 7.91. The van der Waals surface area contributed by atoms with Gasteiger partial charge in [-0.25, -0.2) is 27.2 Å². The molecule has 0 N–H and O–H groups in total. The molecule has 1 fully saturated rings. The summed E-state index contributed by atoms with van der Waals surface area (Å²) in [5.41, 5.74) is 0.254. The molecule has 1 saturated heterocycles. The Balaban J connectivity index is 1.87. The first-order valence-electron chi connectivity index (χ1n) is 13.7. The van der Waals surface area contributed by atoms with Crippen molar-refractivity contribution >= 4 is 54.7 Å². The highest BCUT2D eigenvalue weighted by Gasteiger charge is 2.28. The first-order valence-corrected chi connectivity index (χ1v) is 15.7. The SMILES string of the molecule is CCc1c(F)ccc2cc(OCOC)cc(-c3c(Cl)cc4c(N5CCCCC(=O)C5)nc(S(=O)(=O)CC)nc4c3F)c12. The van der Waals surface area contributed by atoms with Crippen LogP contribution in [0.5, 0.6) is 5.75 Å². The zero-order valence-electron chi connectivity index (χ0n) is 23.5. The van der Waals surface area contributed by atoms with Crippen LogP contribution in [0.15, 0.2) is 35.5 Å². The van der Waals surface area contributed by atoms with Crippen LogP contribution in [0.25, 0.3) is 32.8 Å². The van der Waals surface area contributed by atoms with Gasteiger partial charge in [-0.3, -0.25) is 4.79 Å². The Morgan fingerprint density at radius 2 is 1.88 bits per heavy atom. The fourth-order valence-electron chi connectivity index (χ4n) is 5.33. The van der Waals surface area contributed by atoms with Crippen molar-refractivity contribution in [3.8, 4) is 16.9 Å². The van der Waals surface area contributed by atoms with E-state index in [9.17, 15) is 13.2 Å². The van der Waals surface area contributed by atoms with E-state index in [1.165, 1.54) is 26.2 Å². The molecular formula is C30H30ClF2N3O5S. The summed E-state index contributed by atoms with van der Waals surface area (Å²) in [5, 5.41) is 0.639. The molecule has 0 atom stereocenters. The van der Waals surface area contributed by atoms with Crippen molar-refractivity contribution in [3.63, 3.8) is 0 Å². The largest absolute Gasteiger partial charge is 0.468 e. The van der Waals surface area contributed by atoms with Gasteiger partial charge in [0.25, 0.3) is 0 Å². The molecular weight excluding hydrogens is 588 g/mol. The van der Waals surface area contributed by atoms with Gasteiger partial charge >= 0.3 is 0 Å². The van der Waals surface area contributed by atoms with Crippen LogP contribution in [0.4, 0.5) is 14.6 Å². The van der Waals surface area contributed by atoms with Crippen molar-refractivity contribution in [2.24, 2.45) is 0 Å². The Morgan fingerprint density at radius 3 is 2.60 bits per heavy atom. The average Bonchev–Trinajstić information content (AvgIpc) is 3.19. The van der Waals surface area contributed by atoms with Crippen molar-refractivity contribution < 1.29 is 31.5 Å². The van der Waals surface area contributed by atoms with Gasteiger partial charge in [0, 0.05) is 31.0 Å². The van der Waals surface area contributed by atoms with Crippen molar-refractivity contribution in [2.75, 3.05) is 37.6 Å². The summed E-state index contributed by atoms with van der Waals surface area (Å²) < 4.78 is 68.5. The second-order valence-electron chi connectivity index (χ2n) is 10.1. The minimum absolute atomic E-state index is 0.00136. The maximum absolute atomic E-state index is 16.8. The topological polar surface area (TPSA) is 98.7 Å². The lowest BCUT2D eigenvalue weighted by atomic mass is 9.92. The standard InChI is InChI=1S/C30H30ClF2N3O5S/c1-4-20-24(32)10-9-17-12-19(41-16-40-3)13-21(25(17)20)26-23(31)14-22-28(27(26)33)34-30(42(38,39)5-2)35-29(22)36-11-7-6-8-18(37)15-36/h9-10,12-14H,4-8,11,15-16H2,1-3H3. The number of sulfone groups is 1. The number of aryl methyl sites for hydroxylation is 1. The lowest BCUT2D eigenvalue weighted by Crippen LogP contribution is -2.30. The number of halogens is 3. The van der Waals surface area contributed by atoms with Crippen molar-refractivity contribution in [1.82, 2.24) is 9.97 Å². The van der Waals surface area contributed by atoms with E-state index < -0.39 is 26.6 Å². The predicted molar refractivity (Wildman–Crippen MR) is 158 cm³/mol. The molecule has 1 aliphatic heterocycles. The third kappa shape index (κ3) is 5.52. The van der Waals surface area contributed by atoms with E-state index in [0.29, 0.717) is 54.3 Å². The molecule has 0 amide bonds. The predicted octanol–water partition coefficient (Wildman–Crippen LogP) is 6.28. The summed E-state index contributed by atoms with van der Waals surface area (Å²) in [6.07, 6.45) is 2.06. The molecule has 5 rings (SSSR count). The average molecular weight is 618 g/mol. The quantitative estimate of drug-likeness (QED) is 0.168. The third-order valence-electron chi connectivity index (χ3n) is 7.41. The monoisotopic (exact) mass is 617 g/mol. The Bertz CT molecular complexity index is 1820. The molecule has 8 nitrogen and oxygen atoms in total. The Morgan fingerprint density at radius 1 is 1.10 bits per heavy atom. The number of fused-ring (bicyclic) bond motifs is 2. The lowest BCUT2D eigenvalue weighted by molar-refractivity contribution is -0.117. The van der Waals surface area contributed by atoms with Crippen LogP contribution >= 0.6 is 11.6 Å². The fourth-order valence-corrected chi connectivity index (χ4v) is 6.34. The number of benzene rings is 3. The molecule has 0 radical (unpaired) electrons. The number of anilines is 1. The van der Waals surface area contributed by atoms with Gasteiger partial charge in [-0.05, 0) is 65.4 Å². The van der Waals surface area contributed by atoms with Crippen molar-refractivity contribution in [3.05, 3.63) is 52.6 Å². The fraction of sp³-hybridized carbons (Fsp3) is 0.367. The van der Waals surface area contributed by atoms with E-state index in [-0.39, 0.29) is 57.7 Å². The molecule has 222 valence electrons. The lowest BCUT2D eigenvalue weighted by Gasteiger charge is -2.24. The van der Waals surface area contributed by atoms with Crippen LogP contribution in [0.3, 0.4) is 0 Å². The molecule has 3 aromatic carbocycles. The first-order chi connectivity index (χ1) is 20.1. The second kappa shape index (κ2) is 12.1. The van der Waals surface area contributed by atoms with Gasteiger partial charge < -0.3 is 14.4 Å². The molecule has 2 heterocycles. The minimum Gasteiger partial charge on any atom is -0.468 e. The van der Waals surface area contributed by atoms with Crippen LogP contribution in [-0.2, 0) is 25.8 Å². The zero-order valence-corrected chi connectivity index (χ0v) is 25.0. The molecule has 0 bridgehead atoms. The van der Waals surface area contributed by atoms with Gasteiger partial charge in [0.2, 0.25) is 15.0 Å². The van der Waals surface area contributed by atoms with Crippen molar-refractivity contribution in [2.45, 2.75) is 44.7 Å². The van der Waals surface area contributed by atoms with Crippen LogP contribution in [0.1, 0.15) is 38.7 Å². The molecule has 0 aliphatic carbocycles. The maximum Gasteiger partial charge on any atom is 0.249 e. The molecule has 12 heteroatoms. The van der Waals surface area contributed by atoms with Gasteiger partial charge in [0.05, 0.1) is 17.3 Å². The van der Waals surface area contributed by atoms with Gasteiger partial charge in [-0.2, -0.15) is 0 Å². The summed E-state index contributed by atoms with van der Waals surface area (Å²) in [4.78, 5) is 22.6. The Hall–Kier alpha value is -3.41. The number of hydrogen-bond donors (Lipinski definition) is 0. The number of methoxy groups -OCH3 is 1. The summed E-state index contributed by atoms with van der Waals surface area (Å²) in [6.45, 7) is 3.58. The summed E-state index contributed by atoms with van der Waals surface area (Å²) in [6, 6.07) is 7.64. The molecule has 42 heavy (non-hydrogen) atoms. The third-order valence-corrected chi connectivity index (χ3v) is 9.21. The Labute approximate surface area is 247 Å². The van der Waals surface area contributed by atoms with E-state index in [4.69, 9.17) is 21.1 Å². The summed E-state index contributed by atoms with van der Waals surface area (Å²) >= 11 is 6.81. The number of hydrogen-bond acceptors (Lipinski definition) is 8. The van der Waals surface area contributed by atoms with Crippen LogP contribution in [0, 0.1) is 11.6 Å². The molecule has 0 spiro atoms. The minimum atomic E-state index is -3.96. The molecule has 1 aromatic heterocycles. The number of nitrogens with zero attached hydrogens (tertiary/aromatic N) is 3. The van der Waals surface area contributed by atoms with Crippen LogP contribution in [0.2, 0.25) is 5.02 Å². The first kappa shape index (κ1) is 30.1. The Kier molecular flexibility index (Phi) is 8.63. The highest BCUT2D eigenvalue weighted by Crippen LogP contribution is 2.44. The second-order valence-corrected chi connectivity index (χ2v) is 12.7. The van der Waals surface area contributed by atoms with E-state index in [1.807, 2.05) is 0 Å². The zero-order chi connectivity index (χ0) is 30.2. The summed E-state index contributed by atoms with van der Waals surface area (Å²) in [7, 11) is -2.50. The van der Waals surface area contributed by atoms with Gasteiger partial charge in [-0.15, -0.1) is 0 Å². The molecule has 1 aliphatic rings. The number of aromatic nitrogens is 2. The number of rotatable bonds is 8. The van der Waals surface area contributed by atoms with Crippen LogP contribution in [-0.4, -0.2) is 56.9 Å². The van der Waals surface area contributed by atoms with E-state index in [0.717, 1.165) is 0 Å². The number of ketones is 1. The summed E-state index contributed by atoms with van der Waals surface area (Å²) in [5.74, 6) is -1.23. The smallest absolute Gasteiger partial charge is 0.249 e. The highest BCUT2D eigenvalue weighted by atomic mass is 35.5. The number of carbonyl (C=O) groups excluding carboxylic acids is 1. The van der Waals surface area contributed by atoms with E-state index in [2.05, 4.69) is 9.97 Å². The number of ether oxygens (including phenoxy) is 2. The molecule has 0 saturated carbocycles. The normalized spacial score (nSPS) is 14.5. The maximum atomic E-state index is 16.8. The van der Waals surface area contributed by atoms with Crippen molar-refractivity contribution in [1.29, 1.82) is 0 Å². The number of Topliss-reactive ketones (excluding diaryl/α,β-unsaturated/α-hetero) is 1. The van der Waals surface area contributed by atoms with Crippen LogP contribution < -0.4 is 9.64 Å².